The molecule has 0 bridgehead atoms. The Hall–Kier alpha value is -3.33. The van der Waals surface area contributed by atoms with Crippen LogP contribution in [0.2, 0.25) is 10.0 Å². The van der Waals surface area contributed by atoms with Gasteiger partial charge in [-0.3, -0.25) is 18.6 Å². The molecule has 0 unspecified atom stereocenters. The van der Waals surface area contributed by atoms with Crippen LogP contribution in [0.15, 0.2) is 82.7 Å². The third-order valence-electron chi connectivity index (χ3n) is 5.62. The lowest BCUT2D eigenvalue weighted by atomic mass is 10.1. The predicted octanol–water partition coefficient (Wildman–Crippen LogP) is 6.23. The molecule has 1 amide bonds. The van der Waals surface area contributed by atoms with E-state index in [-0.39, 0.29) is 11.5 Å². The zero-order valence-electron chi connectivity index (χ0n) is 19.2. The molecule has 0 aliphatic heterocycles. The number of nitrogens with one attached hydrogen (secondary N) is 1. The van der Waals surface area contributed by atoms with Crippen LogP contribution < -0.4 is 10.9 Å². The number of aromatic nitrogens is 4. The first-order valence-corrected chi connectivity index (χ1v) is 12.9. The number of halogens is 2. The van der Waals surface area contributed by atoms with Gasteiger partial charge in [0, 0.05) is 22.3 Å². The summed E-state index contributed by atoms with van der Waals surface area (Å²) >= 11 is 13.5. The van der Waals surface area contributed by atoms with Crippen LogP contribution in [0.25, 0.3) is 16.7 Å². The summed E-state index contributed by atoms with van der Waals surface area (Å²) in [6, 6.07) is 21.7. The topological polar surface area (TPSA) is 81.3 Å². The molecule has 182 valence electrons. The summed E-state index contributed by atoms with van der Waals surface area (Å²) in [7, 11) is 0. The maximum absolute atomic E-state index is 13.6. The molecule has 0 spiro atoms. The minimum atomic E-state index is -0.665. The maximum atomic E-state index is 13.6. The Bertz CT molecular complexity index is 1610. The highest BCUT2D eigenvalue weighted by Crippen LogP contribution is 2.36. The SMILES string of the molecule is CCCn1c(=O)c2ccccc2n2c(S[C@@H](C(=O)Nc3cc(Cl)cc(Cl)c3)c3ccccc3)nnc12. The Morgan fingerprint density at radius 1 is 1.00 bits per heavy atom. The smallest absolute Gasteiger partial charge is 0.262 e. The van der Waals surface area contributed by atoms with E-state index in [1.807, 2.05) is 59.9 Å². The van der Waals surface area contributed by atoms with Gasteiger partial charge in [-0.25, -0.2) is 0 Å². The number of fused-ring (bicyclic) bond motifs is 3. The van der Waals surface area contributed by atoms with Gasteiger partial charge in [0.1, 0.15) is 5.25 Å². The number of anilines is 1. The number of rotatable bonds is 7. The zero-order valence-corrected chi connectivity index (χ0v) is 21.5. The highest BCUT2D eigenvalue weighted by Gasteiger charge is 2.26. The Morgan fingerprint density at radius 3 is 2.42 bits per heavy atom. The molecule has 7 nitrogen and oxygen atoms in total. The van der Waals surface area contributed by atoms with Gasteiger partial charge in [-0.2, -0.15) is 0 Å². The second kappa shape index (κ2) is 10.3. The Balaban J connectivity index is 1.61. The lowest BCUT2D eigenvalue weighted by molar-refractivity contribution is -0.115. The van der Waals surface area contributed by atoms with Crippen molar-refractivity contribution in [3.8, 4) is 0 Å². The summed E-state index contributed by atoms with van der Waals surface area (Å²) in [6.45, 7) is 2.51. The molecular formula is C26H21Cl2N5O2S. The first-order valence-electron chi connectivity index (χ1n) is 11.3. The molecule has 0 aliphatic carbocycles. The van der Waals surface area contributed by atoms with E-state index in [1.165, 1.54) is 11.8 Å². The molecule has 36 heavy (non-hydrogen) atoms. The molecule has 0 aliphatic rings. The molecule has 10 heteroatoms. The fourth-order valence-electron chi connectivity index (χ4n) is 4.08. The van der Waals surface area contributed by atoms with Crippen LogP contribution in [-0.2, 0) is 11.3 Å². The minimum Gasteiger partial charge on any atom is -0.325 e. The van der Waals surface area contributed by atoms with E-state index in [4.69, 9.17) is 23.2 Å². The zero-order chi connectivity index (χ0) is 25.2. The first-order chi connectivity index (χ1) is 17.5. The van der Waals surface area contributed by atoms with E-state index in [1.54, 1.807) is 28.8 Å². The third-order valence-corrected chi connectivity index (χ3v) is 7.25. The second-order valence-corrected chi connectivity index (χ2v) is 10.1. The molecule has 0 saturated carbocycles. The minimum absolute atomic E-state index is 0.112. The van der Waals surface area contributed by atoms with Gasteiger partial charge in [0.15, 0.2) is 5.16 Å². The Morgan fingerprint density at radius 2 is 1.69 bits per heavy atom. The van der Waals surface area contributed by atoms with Crippen molar-refractivity contribution >= 4 is 63.2 Å². The first kappa shape index (κ1) is 24.4. The number of aryl methyl sites for hydroxylation is 1. The van der Waals surface area contributed by atoms with E-state index < -0.39 is 5.25 Å². The Kier molecular flexibility index (Phi) is 7.00. The number of carbonyl (C=O) groups is 1. The molecule has 1 N–H and O–H groups in total. The molecule has 0 fully saturated rings. The number of para-hydroxylation sites is 1. The summed E-state index contributed by atoms with van der Waals surface area (Å²) in [6.07, 6.45) is 0.764. The average molecular weight is 538 g/mol. The lowest BCUT2D eigenvalue weighted by Gasteiger charge is -2.17. The molecule has 5 rings (SSSR count). The fourth-order valence-corrected chi connectivity index (χ4v) is 5.64. The monoisotopic (exact) mass is 537 g/mol. The predicted molar refractivity (Wildman–Crippen MR) is 145 cm³/mol. The van der Waals surface area contributed by atoms with Crippen molar-refractivity contribution < 1.29 is 4.79 Å². The maximum Gasteiger partial charge on any atom is 0.262 e. The molecule has 5 aromatic rings. The number of hydrogen-bond donors (Lipinski definition) is 1. The van der Waals surface area contributed by atoms with E-state index in [9.17, 15) is 9.59 Å². The molecule has 3 aromatic carbocycles. The van der Waals surface area contributed by atoms with Crippen molar-refractivity contribution in [1.82, 2.24) is 19.2 Å². The number of amides is 1. The number of hydrogen-bond acceptors (Lipinski definition) is 5. The lowest BCUT2D eigenvalue weighted by Crippen LogP contribution is -2.23. The summed E-state index contributed by atoms with van der Waals surface area (Å²) in [5.41, 5.74) is 1.86. The largest absolute Gasteiger partial charge is 0.325 e. The molecular weight excluding hydrogens is 517 g/mol. The molecule has 2 aromatic heterocycles. The van der Waals surface area contributed by atoms with Gasteiger partial charge in [0.25, 0.3) is 5.56 Å². The normalized spacial score (nSPS) is 12.2. The standard InChI is InChI=1S/C26H21Cl2N5O2S/c1-2-12-32-24(35)20-10-6-7-11-21(20)33-25(32)30-31-26(33)36-22(16-8-4-3-5-9-16)23(34)29-19-14-17(27)13-18(28)15-19/h3-11,13-15,22H,2,12H2,1H3,(H,29,34)/t22-/m1/s1. The molecule has 0 saturated heterocycles. The van der Waals surface area contributed by atoms with Gasteiger partial charge in [0.2, 0.25) is 11.7 Å². The van der Waals surface area contributed by atoms with Crippen LogP contribution in [0.3, 0.4) is 0 Å². The number of benzene rings is 3. The molecule has 0 radical (unpaired) electrons. The van der Waals surface area contributed by atoms with Crippen LogP contribution >= 0.6 is 35.0 Å². The van der Waals surface area contributed by atoms with Crippen molar-refractivity contribution in [2.75, 3.05) is 5.32 Å². The van der Waals surface area contributed by atoms with Crippen LogP contribution in [0, 0.1) is 0 Å². The number of thioether (sulfide) groups is 1. The van der Waals surface area contributed by atoms with Crippen molar-refractivity contribution in [3.05, 3.63) is 98.8 Å². The van der Waals surface area contributed by atoms with Crippen molar-refractivity contribution in [3.63, 3.8) is 0 Å². The number of nitrogens with zero attached hydrogens (tertiary/aromatic N) is 4. The second-order valence-electron chi connectivity index (χ2n) is 8.15. The van der Waals surface area contributed by atoms with Gasteiger partial charge in [-0.15, -0.1) is 10.2 Å². The van der Waals surface area contributed by atoms with Crippen LogP contribution in [0.5, 0.6) is 0 Å². The van der Waals surface area contributed by atoms with E-state index in [0.29, 0.717) is 44.1 Å². The van der Waals surface area contributed by atoms with Crippen LogP contribution in [0.1, 0.15) is 24.2 Å². The summed E-state index contributed by atoms with van der Waals surface area (Å²) in [4.78, 5) is 26.7. The average Bonchev–Trinajstić information content (AvgIpc) is 3.28. The van der Waals surface area contributed by atoms with Gasteiger partial charge >= 0.3 is 0 Å². The van der Waals surface area contributed by atoms with Crippen LogP contribution in [0.4, 0.5) is 5.69 Å². The van der Waals surface area contributed by atoms with Crippen molar-refractivity contribution in [2.45, 2.75) is 30.3 Å². The van der Waals surface area contributed by atoms with Gasteiger partial charge in [0.05, 0.1) is 10.9 Å². The Labute approximate surface area is 221 Å². The quantitative estimate of drug-likeness (QED) is 0.249. The molecule has 2 heterocycles. The highest BCUT2D eigenvalue weighted by atomic mass is 35.5. The molecule has 1 atom stereocenters. The van der Waals surface area contributed by atoms with Gasteiger partial charge in [-0.05, 0) is 42.3 Å². The van der Waals surface area contributed by atoms with Crippen molar-refractivity contribution in [1.29, 1.82) is 0 Å². The van der Waals surface area contributed by atoms with Gasteiger partial charge < -0.3 is 5.32 Å². The number of carbonyl (C=O) groups excluding carboxylic acids is 1. The fraction of sp³-hybridized carbons (Fsp3) is 0.154. The third kappa shape index (κ3) is 4.72. The summed E-state index contributed by atoms with van der Waals surface area (Å²) in [5, 5.41) is 12.9. The highest BCUT2D eigenvalue weighted by molar-refractivity contribution is 8.00. The van der Waals surface area contributed by atoms with Crippen molar-refractivity contribution in [2.24, 2.45) is 0 Å². The summed E-state index contributed by atoms with van der Waals surface area (Å²) < 4.78 is 3.47. The van der Waals surface area contributed by atoms with Crippen LogP contribution in [-0.4, -0.2) is 25.1 Å². The summed E-state index contributed by atoms with van der Waals surface area (Å²) in [5.74, 6) is 0.171. The van der Waals surface area contributed by atoms with E-state index in [0.717, 1.165) is 12.0 Å². The van der Waals surface area contributed by atoms with E-state index in [2.05, 4.69) is 15.5 Å². The van der Waals surface area contributed by atoms with Gasteiger partial charge in [-0.1, -0.05) is 84.4 Å². The van der Waals surface area contributed by atoms with E-state index >= 15 is 0 Å².